The van der Waals surface area contributed by atoms with Gasteiger partial charge in [-0.05, 0) is 61.7 Å². The number of hydrogen-bond donors (Lipinski definition) is 4. The van der Waals surface area contributed by atoms with Crippen LogP contribution in [0.25, 0.3) is 5.57 Å². The lowest BCUT2D eigenvalue weighted by molar-refractivity contribution is -0.114. The lowest BCUT2D eigenvalue weighted by Gasteiger charge is -2.13. The van der Waals surface area contributed by atoms with Gasteiger partial charge in [0.2, 0.25) is 0 Å². The van der Waals surface area contributed by atoms with Crippen molar-refractivity contribution < 1.29 is 15.0 Å². The maximum atomic E-state index is 12.0. The van der Waals surface area contributed by atoms with E-state index in [-0.39, 0.29) is 22.9 Å². The van der Waals surface area contributed by atoms with Crippen molar-refractivity contribution in [3.63, 3.8) is 0 Å². The number of amides is 1. The van der Waals surface area contributed by atoms with Crippen LogP contribution in [-0.4, -0.2) is 21.8 Å². The number of unbranched alkanes of at least 4 members (excludes halogenated alkanes) is 1. The van der Waals surface area contributed by atoms with Gasteiger partial charge in [0, 0.05) is 16.8 Å². The van der Waals surface area contributed by atoms with E-state index < -0.39 is 5.91 Å². The van der Waals surface area contributed by atoms with Gasteiger partial charge in [-0.15, -0.1) is 0 Å². The van der Waals surface area contributed by atoms with Gasteiger partial charge in [-0.25, -0.2) is 4.99 Å². The number of aliphatic imine (C=N–C) groups is 1. The van der Waals surface area contributed by atoms with E-state index in [0.29, 0.717) is 22.4 Å². The molecule has 0 heterocycles. The zero-order valence-corrected chi connectivity index (χ0v) is 19.0. The van der Waals surface area contributed by atoms with Crippen LogP contribution in [0.3, 0.4) is 0 Å². The third-order valence-electron chi connectivity index (χ3n) is 4.75. The number of benzene rings is 2. The molecule has 0 aromatic heterocycles. The fourth-order valence-corrected chi connectivity index (χ4v) is 2.70. The van der Waals surface area contributed by atoms with Gasteiger partial charge in [-0.2, -0.15) is 0 Å². The fraction of sp³-hybridized carbons (Fsp3) is 0.280. The van der Waals surface area contributed by atoms with E-state index in [0.717, 1.165) is 11.1 Å². The van der Waals surface area contributed by atoms with E-state index in [1.807, 2.05) is 13.8 Å². The summed E-state index contributed by atoms with van der Waals surface area (Å²) in [6, 6.07) is 9.65. The monoisotopic (exact) mass is 423 g/mol. The Bertz CT molecular complexity index is 1020. The molecule has 2 rings (SSSR count). The zero-order chi connectivity index (χ0) is 23.7. The minimum absolute atomic E-state index is 0.0216. The molecule has 6 N–H and O–H groups in total. The van der Waals surface area contributed by atoms with Crippen LogP contribution in [0.5, 0.6) is 11.5 Å². The molecule has 6 heteroatoms. The number of carbonyl (C=O) groups excluding carboxylic acids is 1. The second-order valence-electron chi connectivity index (χ2n) is 7.30. The summed E-state index contributed by atoms with van der Waals surface area (Å²) >= 11 is 0. The van der Waals surface area contributed by atoms with Crippen LogP contribution in [-0.2, 0) is 4.79 Å². The molecule has 0 fully saturated rings. The van der Waals surface area contributed by atoms with Crippen LogP contribution in [0.1, 0.15) is 55.9 Å². The number of rotatable bonds is 6. The van der Waals surface area contributed by atoms with Gasteiger partial charge in [0.05, 0.1) is 5.70 Å². The van der Waals surface area contributed by atoms with Crippen LogP contribution in [0.4, 0.5) is 0 Å². The van der Waals surface area contributed by atoms with Gasteiger partial charge in [0.1, 0.15) is 11.5 Å². The summed E-state index contributed by atoms with van der Waals surface area (Å²) in [5.74, 6) is -0.661. The van der Waals surface area contributed by atoms with Crippen LogP contribution in [0.15, 0.2) is 59.4 Å². The maximum absolute atomic E-state index is 12.0. The number of hydrogen-bond acceptors (Lipinski definition) is 5. The number of carbonyl (C=O) groups is 1. The standard InChI is InChI=1S/C21H23N3O3.C4H10/c1-11-5-7-15(25)9-17(11)13(3)19(22)20(21(23)27)24-14(4)18-10-16(26)8-6-12(18)2;1-3-4-2/h5-10,25-26H,3,22H2,1-2,4H3,(H2,23,27);3-4H2,1-2H3/b20-19+,24-14?;. The Labute approximate surface area is 184 Å². The van der Waals surface area contributed by atoms with E-state index in [4.69, 9.17) is 11.5 Å². The van der Waals surface area contributed by atoms with E-state index in [2.05, 4.69) is 25.4 Å². The van der Waals surface area contributed by atoms with E-state index in [1.54, 1.807) is 37.3 Å². The molecule has 0 bridgehead atoms. The van der Waals surface area contributed by atoms with Crippen LogP contribution >= 0.6 is 0 Å². The van der Waals surface area contributed by atoms with Crippen LogP contribution in [0.2, 0.25) is 0 Å². The summed E-state index contributed by atoms with van der Waals surface area (Å²) in [5.41, 5.74) is 15.3. The number of allylic oxidation sites excluding steroid dienone is 1. The first-order chi connectivity index (χ1) is 14.5. The molecule has 6 nitrogen and oxygen atoms in total. The molecule has 31 heavy (non-hydrogen) atoms. The van der Waals surface area contributed by atoms with Crippen LogP contribution < -0.4 is 11.5 Å². The molecule has 0 atom stereocenters. The first kappa shape index (κ1) is 25.5. The lowest BCUT2D eigenvalue weighted by Crippen LogP contribution is -2.19. The number of aryl methyl sites for hydroxylation is 2. The van der Waals surface area contributed by atoms with Crippen molar-refractivity contribution in [2.45, 2.75) is 47.5 Å². The summed E-state index contributed by atoms with van der Waals surface area (Å²) in [6.45, 7) is 13.7. The van der Waals surface area contributed by atoms with Crippen molar-refractivity contribution in [1.29, 1.82) is 0 Å². The van der Waals surface area contributed by atoms with E-state index in [1.165, 1.54) is 18.9 Å². The summed E-state index contributed by atoms with van der Waals surface area (Å²) in [4.78, 5) is 16.3. The van der Waals surface area contributed by atoms with Crippen molar-refractivity contribution in [2.75, 3.05) is 0 Å². The largest absolute Gasteiger partial charge is 0.508 e. The van der Waals surface area contributed by atoms with Gasteiger partial charge in [0.25, 0.3) is 5.91 Å². The third-order valence-corrected chi connectivity index (χ3v) is 4.75. The van der Waals surface area contributed by atoms with Crippen molar-refractivity contribution in [3.8, 4) is 11.5 Å². The minimum atomic E-state index is -0.802. The molecule has 0 radical (unpaired) electrons. The Kier molecular flexibility index (Phi) is 9.54. The average molecular weight is 424 g/mol. The van der Waals surface area contributed by atoms with Crippen molar-refractivity contribution >= 4 is 17.2 Å². The second kappa shape index (κ2) is 11.6. The Morgan fingerprint density at radius 2 is 1.39 bits per heavy atom. The van der Waals surface area contributed by atoms with Crippen molar-refractivity contribution in [1.82, 2.24) is 0 Å². The Morgan fingerprint density at radius 1 is 0.935 bits per heavy atom. The predicted octanol–water partition coefficient (Wildman–Crippen LogP) is 4.70. The van der Waals surface area contributed by atoms with Gasteiger partial charge in [0.15, 0.2) is 5.70 Å². The van der Waals surface area contributed by atoms with Gasteiger partial charge < -0.3 is 21.7 Å². The zero-order valence-electron chi connectivity index (χ0n) is 19.0. The minimum Gasteiger partial charge on any atom is -0.508 e. The number of nitrogens with zero attached hydrogens (tertiary/aromatic N) is 1. The average Bonchev–Trinajstić information content (AvgIpc) is 2.74. The lowest BCUT2D eigenvalue weighted by atomic mass is 9.98. The molecule has 0 aliphatic carbocycles. The van der Waals surface area contributed by atoms with Gasteiger partial charge in [-0.3, -0.25) is 4.79 Å². The maximum Gasteiger partial charge on any atom is 0.269 e. The summed E-state index contributed by atoms with van der Waals surface area (Å²) in [7, 11) is 0. The predicted molar refractivity (Wildman–Crippen MR) is 128 cm³/mol. The highest BCUT2D eigenvalue weighted by Crippen LogP contribution is 2.27. The molecular formula is C25H33N3O3. The number of aromatic hydroxyl groups is 2. The van der Waals surface area contributed by atoms with Crippen LogP contribution in [0, 0.1) is 13.8 Å². The highest BCUT2D eigenvalue weighted by molar-refractivity contribution is 6.05. The molecule has 0 saturated carbocycles. The molecule has 0 aliphatic heterocycles. The van der Waals surface area contributed by atoms with E-state index in [9.17, 15) is 15.0 Å². The number of primary amides is 1. The molecule has 0 saturated heterocycles. The first-order valence-corrected chi connectivity index (χ1v) is 10.2. The second-order valence-corrected chi connectivity index (χ2v) is 7.30. The molecule has 1 amide bonds. The summed E-state index contributed by atoms with van der Waals surface area (Å²) in [6.07, 6.45) is 2.64. The normalized spacial score (nSPS) is 11.8. The van der Waals surface area contributed by atoms with Gasteiger partial charge in [-0.1, -0.05) is 45.4 Å². The number of phenolic OH excluding ortho intramolecular Hbond substituents is 2. The Balaban J connectivity index is 0.00000110. The van der Waals surface area contributed by atoms with E-state index >= 15 is 0 Å². The van der Waals surface area contributed by atoms with Crippen molar-refractivity contribution in [3.05, 3.63) is 76.6 Å². The first-order valence-electron chi connectivity index (χ1n) is 10.2. The molecule has 166 valence electrons. The Hall–Kier alpha value is -3.54. The summed E-state index contributed by atoms with van der Waals surface area (Å²) in [5, 5.41) is 19.4. The summed E-state index contributed by atoms with van der Waals surface area (Å²) < 4.78 is 0. The molecule has 0 spiro atoms. The fourth-order valence-electron chi connectivity index (χ4n) is 2.70. The highest BCUT2D eigenvalue weighted by Gasteiger charge is 2.16. The van der Waals surface area contributed by atoms with Crippen molar-refractivity contribution in [2.24, 2.45) is 16.5 Å². The smallest absolute Gasteiger partial charge is 0.269 e. The molecule has 2 aromatic rings. The quantitative estimate of drug-likeness (QED) is 0.305. The number of nitrogens with two attached hydrogens (primary N) is 2. The SMILES string of the molecule is C=C(/C(N)=C(\N=C(C)c1cc(O)ccc1C)C(N)=O)c1cc(O)ccc1C.CCCC. The molecule has 2 aromatic carbocycles. The highest BCUT2D eigenvalue weighted by atomic mass is 16.3. The molecule has 0 unspecified atom stereocenters. The van der Waals surface area contributed by atoms with Gasteiger partial charge >= 0.3 is 0 Å². The third kappa shape index (κ3) is 7.03. The topological polar surface area (TPSA) is 122 Å². The molecular weight excluding hydrogens is 390 g/mol. The Morgan fingerprint density at radius 3 is 1.84 bits per heavy atom. The number of phenols is 2. The molecule has 0 aliphatic rings.